The molecule has 9 heteroatoms. The number of carbonyl (C=O) groups is 2. The van der Waals surface area contributed by atoms with Crippen LogP contribution >= 0.6 is 0 Å². The van der Waals surface area contributed by atoms with Crippen molar-refractivity contribution in [3.8, 4) is 0 Å². The lowest BCUT2D eigenvalue weighted by atomic mass is 9.94. The molecular weight excluding hydrogens is 398 g/mol. The van der Waals surface area contributed by atoms with Gasteiger partial charge in [0.15, 0.2) is 0 Å². The number of benzene rings is 1. The van der Waals surface area contributed by atoms with Gasteiger partial charge in [-0.15, -0.1) is 0 Å². The van der Waals surface area contributed by atoms with Gasteiger partial charge in [0, 0.05) is 18.8 Å². The number of anilines is 1. The minimum Gasteiger partial charge on any atom is -0.463 e. The van der Waals surface area contributed by atoms with Crippen LogP contribution in [-0.4, -0.2) is 71.0 Å². The van der Waals surface area contributed by atoms with Crippen molar-refractivity contribution in [2.75, 3.05) is 44.4 Å². The molecule has 1 amide bonds. The predicted molar refractivity (Wildman–Crippen MR) is 113 cm³/mol. The summed E-state index contributed by atoms with van der Waals surface area (Å²) >= 11 is 0. The summed E-state index contributed by atoms with van der Waals surface area (Å²) in [5.41, 5.74) is 3.12. The smallest absolute Gasteiger partial charge is 0.338 e. The van der Waals surface area contributed by atoms with Crippen LogP contribution in [0.1, 0.15) is 31.0 Å². The third kappa shape index (κ3) is 4.05. The Kier molecular flexibility index (Phi) is 6.03. The highest BCUT2D eigenvalue weighted by Crippen LogP contribution is 2.38. The molecule has 0 unspecified atom stereocenters. The van der Waals surface area contributed by atoms with E-state index in [4.69, 9.17) is 9.47 Å². The van der Waals surface area contributed by atoms with Crippen molar-refractivity contribution in [2.24, 2.45) is 0 Å². The first-order valence-electron chi connectivity index (χ1n) is 10.5. The third-order valence-corrected chi connectivity index (χ3v) is 5.65. The molecule has 0 N–H and O–H groups in total. The first-order chi connectivity index (χ1) is 15.0. The molecule has 1 atom stereocenters. The van der Waals surface area contributed by atoms with Crippen LogP contribution in [0.15, 0.2) is 41.9 Å². The first kappa shape index (κ1) is 21.0. The summed E-state index contributed by atoms with van der Waals surface area (Å²) in [6, 6.07) is 7.47. The molecule has 164 valence electrons. The number of ether oxygens (including phenoxy) is 2. The van der Waals surface area contributed by atoms with E-state index in [9.17, 15) is 9.59 Å². The van der Waals surface area contributed by atoms with E-state index < -0.39 is 12.0 Å². The summed E-state index contributed by atoms with van der Waals surface area (Å²) in [6.45, 7) is 8.10. The SMILES string of the molecule is CCOC(=O)C1=C(C)N(CC(=O)N2CCOCC2)c2ncnn2[C@H]1c1ccc(C)cc1. The van der Waals surface area contributed by atoms with Crippen molar-refractivity contribution in [3.05, 3.63) is 53.0 Å². The minimum atomic E-state index is -0.480. The summed E-state index contributed by atoms with van der Waals surface area (Å²) in [4.78, 5) is 34.0. The van der Waals surface area contributed by atoms with Crippen LogP contribution in [0.3, 0.4) is 0 Å². The zero-order chi connectivity index (χ0) is 22.0. The standard InChI is InChI=1S/C22H27N5O4/c1-4-31-21(29)19-16(3)26(13-18(28)25-9-11-30-12-10-25)22-23-14-24-27(22)20(19)17-7-5-15(2)6-8-17/h5-8,14,20H,4,9-13H2,1-3H3/t20-/m0/s1. The number of aromatic nitrogens is 3. The third-order valence-electron chi connectivity index (χ3n) is 5.65. The van der Waals surface area contributed by atoms with Crippen LogP contribution in [0.5, 0.6) is 0 Å². The van der Waals surface area contributed by atoms with Crippen molar-refractivity contribution in [2.45, 2.75) is 26.8 Å². The van der Waals surface area contributed by atoms with Gasteiger partial charge >= 0.3 is 5.97 Å². The van der Waals surface area contributed by atoms with Gasteiger partial charge in [-0.2, -0.15) is 10.1 Å². The quantitative estimate of drug-likeness (QED) is 0.674. The highest BCUT2D eigenvalue weighted by Gasteiger charge is 2.39. The Balaban J connectivity index is 1.75. The van der Waals surface area contributed by atoms with Gasteiger partial charge in [0.2, 0.25) is 11.9 Å². The number of morpholine rings is 1. The number of allylic oxidation sites excluding steroid dienone is 1. The molecule has 2 aromatic rings. The average Bonchev–Trinajstić information content (AvgIpc) is 3.26. The maximum Gasteiger partial charge on any atom is 0.338 e. The van der Waals surface area contributed by atoms with Crippen LogP contribution in [0.25, 0.3) is 0 Å². The number of nitrogens with zero attached hydrogens (tertiary/aromatic N) is 5. The number of aryl methyl sites for hydroxylation is 1. The molecule has 3 heterocycles. The predicted octanol–water partition coefficient (Wildman–Crippen LogP) is 1.69. The van der Waals surface area contributed by atoms with Gasteiger partial charge in [-0.05, 0) is 26.3 Å². The molecule has 0 spiro atoms. The Hall–Kier alpha value is -3.20. The van der Waals surface area contributed by atoms with E-state index in [1.807, 2.05) is 38.1 Å². The number of hydrogen-bond acceptors (Lipinski definition) is 7. The maximum atomic E-state index is 13.0. The molecule has 0 saturated carbocycles. The van der Waals surface area contributed by atoms with Crippen molar-refractivity contribution in [1.82, 2.24) is 19.7 Å². The van der Waals surface area contributed by atoms with Crippen molar-refractivity contribution >= 4 is 17.8 Å². The number of carbonyl (C=O) groups excluding carboxylic acids is 2. The highest BCUT2D eigenvalue weighted by molar-refractivity contribution is 5.93. The van der Waals surface area contributed by atoms with Gasteiger partial charge in [0.25, 0.3) is 0 Å². The van der Waals surface area contributed by atoms with Crippen LogP contribution < -0.4 is 4.90 Å². The normalized spacial score (nSPS) is 18.7. The minimum absolute atomic E-state index is 0.0470. The van der Waals surface area contributed by atoms with E-state index in [-0.39, 0.29) is 19.1 Å². The molecule has 0 aliphatic carbocycles. The number of fused-ring (bicyclic) bond motifs is 1. The van der Waals surface area contributed by atoms with Gasteiger partial charge in [-0.1, -0.05) is 29.8 Å². The van der Waals surface area contributed by atoms with Crippen molar-refractivity contribution in [1.29, 1.82) is 0 Å². The molecule has 1 fully saturated rings. The molecule has 1 aromatic carbocycles. The number of esters is 1. The van der Waals surface area contributed by atoms with Gasteiger partial charge in [-0.25, -0.2) is 9.48 Å². The van der Waals surface area contributed by atoms with Crippen LogP contribution in [-0.2, 0) is 19.1 Å². The van der Waals surface area contributed by atoms with Crippen molar-refractivity contribution < 1.29 is 19.1 Å². The van der Waals surface area contributed by atoms with Gasteiger partial charge < -0.3 is 19.3 Å². The lowest BCUT2D eigenvalue weighted by Crippen LogP contribution is -2.47. The van der Waals surface area contributed by atoms with Crippen molar-refractivity contribution in [3.63, 3.8) is 0 Å². The fraction of sp³-hybridized carbons (Fsp3) is 0.455. The molecular formula is C22H27N5O4. The summed E-state index contributed by atoms with van der Waals surface area (Å²) in [6.07, 6.45) is 1.45. The molecule has 0 bridgehead atoms. The second-order valence-electron chi connectivity index (χ2n) is 7.62. The molecule has 31 heavy (non-hydrogen) atoms. The molecule has 9 nitrogen and oxygen atoms in total. The fourth-order valence-corrected chi connectivity index (χ4v) is 4.00. The molecule has 2 aliphatic rings. The largest absolute Gasteiger partial charge is 0.463 e. The lowest BCUT2D eigenvalue weighted by molar-refractivity contribution is -0.139. The second kappa shape index (κ2) is 8.89. The summed E-state index contributed by atoms with van der Waals surface area (Å²) in [5.74, 6) is 0.0578. The van der Waals surface area contributed by atoms with Crippen LogP contribution in [0.4, 0.5) is 5.95 Å². The van der Waals surface area contributed by atoms with Crippen LogP contribution in [0, 0.1) is 6.92 Å². The van der Waals surface area contributed by atoms with Gasteiger partial charge in [0.1, 0.15) is 18.9 Å². The number of rotatable bonds is 5. The Morgan fingerprint density at radius 3 is 2.55 bits per heavy atom. The molecule has 1 saturated heterocycles. The zero-order valence-electron chi connectivity index (χ0n) is 18.1. The summed E-state index contributed by atoms with van der Waals surface area (Å²) in [7, 11) is 0. The Bertz CT molecular complexity index is 992. The van der Waals surface area contributed by atoms with E-state index in [2.05, 4.69) is 10.1 Å². The molecule has 0 radical (unpaired) electrons. The van der Waals surface area contributed by atoms with E-state index in [0.29, 0.717) is 43.5 Å². The van der Waals surface area contributed by atoms with Crippen LogP contribution in [0.2, 0.25) is 0 Å². The van der Waals surface area contributed by atoms with E-state index in [1.54, 1.807) is 21.4 Å². The van der Waals surface area contributed by atoms with E-state index in [0.717, 1.165) is 11.1 Å². The molecule has 1 aromatic heterocycles. The first-order valence-corrected chi connectivity index (χ1v) is 10.5. The summed E-state index contributed by atoms with van der Waals surface area (Å²) < 4.78 is 12.4. The summed E-state index contributed by atoms with van der Waals surface area (Å²) in [5, 5.41) is 4.41. The number of hydrogen-bond donors (Lipinski definition) is 0. The number of amides is 1. The maximum absolute atomic E-state index is 13.0. The Morgan fingerprint density at radius 2 is 1.87 bits per heavy atom. The Morgan fingerprint density at radius 1 is 1.16 bits per heavy atom. The topological polar surface area (TPSA) is 89.8 Å². The molecule has 4 rings (SSSR count). The lowest BCUT2D eigenvalue weighted by Gasteiger charge is -2.36. The highest BCUT2D eigenvalue weighted by atomic mass is 16.5. The zero-order valence-corrected chi connectivity index (χ0v) is 18.1. The van der Waals surface area contributed by atoms with Gasteiger partial charge in [0.05, 0.1) is 25.4 Å². The van der Waals surface area contributed by atoms with Gasteiger partial charge in [-0.3, -0.25) is 4.79 Å². The average molecular weight is 425 g/mol. The molecule has 2 aliphatic heterocycles. The second-order valence-corrected chi connectivity index (χ2v) is 7.62. The fourth-order valence-electron chi connectivity index (χ4n) is 4.00. The Labute approximate surface area is 181 Å². The van der Waals surface area contributed by atoms with E-state index >= 15 is 0 Å². The van der Waals surface area contributed by atoms with E-state index in [1.165, 1.54) is 6.33 Å². The monoisotopic (exact) mass is 425 g/mol.